The molecule has 228 valence electrons. The highest BCUT2D eigenvalue weighted by Crippen LogP contribution is 2.36. The Hall–Kier alpha value is -3.86. The van der Waals surface area contributed by atoms with Gasteiger partial charge in [-0.15, -0.1) is 0 Å². The largest absolute Gasteiger partial charge is 0.456 e. The minimum Gasteiger partial charge on any atom is -0.456 e. The number of ether oxygens (including phenoxy) is 3. The molecule has 3 heterocycles. The molecule has 8 N–H and O–H groups in total. The monoisotopic (exact) mass is 590 g/mol. The molecule has 0 bridgehead atoms. The van der Waals surface area contributed by atoms with E-state index in [2.05, 4.69) is 12.2 Å². The quantitative estimate of drug-likeness (QED) is 0.154. The highest BCUT2D eigenvalue weighted by molar-refractivity contribution is 6.02. The van der Waals surface area contributed by atoms with E-state index in [1.165, 1.54) is 0 Å². The number of hydrogen-bond donors (Lipinski definition) is 7. The lowest BCUT2D eigenvalue weighted by Gasteiger charge is -2.35. The van der Waals surface area contributed by atoms with Gasteiger partial charge in [0, 0.05) is 23.9 Å². The maximum Gasteiger partial charge on any atom is 0.330 e. The Morgan fingerprint density at radius 3 is 2.48 bits per heavy atom. The number of unbranched alkanes of at least 4 members (excludes halogenated alkanes) is 1. The van der Waals surface area contributed by atoms with Gasteiger partial charge in [0.1, 0.15) is 24.4 Å². The van der Waals surface area contributed by atoms with E-state index in [-0.39, 0.29) is 0 Å². The highest BCUT2D eigenvalue weighted by Gasteiger charge is 2.51. The molecular formula is C27H34N4O11. The highest BCUT2D eigenvalue weighted by atomic mass is 16.7. The Bertz CT molecular complexity index is 1410. The molecule has 2 aliphatic rings. The summed E-state index contributed by atoms with van der Waals surface area (Å²) in [6, 6.07) is 8.15. The number of nitrogens with zero attached hydrogens (tertiary/aromatic N) is 1. The van der Waals surface area contributed by atoms with E-state index in [4.69, 9.17) is 19.9 Å². The summed E-state index contributed by atoms with van der Waals surface area (Å²) in [5.74, 6) is -3.57. The van der Waals surface area contributed by atoms with Crippen molar-refractivity contribution in [3.63, 3.8) is 0 Å². The van der Waals surface area contributed by atoms with Crippen molar-refractivity contribution < 1.29 is 44.2 Å². The zero-order valence-electron chi connectivity index (χ0n) is 22.7. The van der Waals surface area contributed by atoms with Crippen molar-refractivity contribution in [3.8, 4) is 0 Å². The molecule has 15 nitrogen and oxygen atoms in total. The Kier molecular flexibility index (Phi) is 9.93. The van der Waals surface area contributed by atoms with Crippen LogP contribution in [0.2, 0.25) is 0 Å². The van der Waals surface area contributed by atoms with Crippen LogP contribution in [0.3, 0.4) is 0 Å². The third-order valence-corrected chi connectivity index (χ3v) is 7.09. The van der Waals surface area contributed by atoms with E-state index in [1.807, 2.05) is 17.1 Å². The zero-order valence-corrected chi connectivity index (χ0v) is 22.7. The number of carbonyl (C=O) groups is 2. The molecule has 0 spiro atoms. The minimum atomic E-state index is -1.81. The number of carbonyl (C=O) groups excluding carboxylic acids is 2. The van der Waals surface area contributed by atoms with Crippen LogP contribution in [-0.2, 0) is 30.2 Å². The molecule has 0 aliphatic carbocycles. The standard InChI is InChI=1S/C27H34N4O11/c1-2-3-4-13-5-7-14(8-6-13)29-24(38)17-11-16(33)20(36)26(40-17)42-22(23(28)37)21-15(12-32)19(35)25(41-21)31-10-9-18(34)30-27(31)39/h5-11,15-16,19-22,25-26,32-33,35-36H,2-4,12H2,1H3,(H2,28,37)(H,29,38)(H,30,34,39)/t15-,16-,19+,20-,21-,22+,25+,26+/m0/s1. The molecule has 15 heteroatoms. The number of aromatic nitrogens is 2. The number of aryl methyl sites for hydroxylation is 1. The fraction of sp³-hybridized carbons (Fsp3) is 0.481. The second-order valence-corrected chi connectivity index (χ2v) is 10.1. The number of aliphatic hydroxyl groups is 4. The number of H-pyrrole nitrogens is 1. The van der Waals surface area contributed by atoms with E-state index in [0.717, 1.165) is 47.7 Å². The van der Waals surface area contributed by atoms with Crippen LogP contribution in [0.4, 0.5) is 5.69 Å². The first-order valence-corrected chi connectivity index (χ1v) is 13.4. The number of benzene rings is 1. The number of nitrogens with one attached hydrogen (secondary N) is 2. The Morgan fingerprint density at radius 1 is 1.14 bits per heavy atom. The molecule has 0 radical (unpaired) electrons. The average Bonchev–Trinajstić information content (AvgIpc) is 3.28. The van der Waals surface area contributed by atoms with Crippen molar-refractivity contribution in [2.24, 2.45) is 11.7 Å². The van der Waals surface area contributed by atoms with Crippen molar-refractivity contribution >= 4 is 17.5 Å². The number of nitrogens with two attached hydrogens (primary N) is 1. The average molecular weight is 591 g/mol. The van der Waals surface area contributed by atoms with Gasteiger partial charge >= 0.3 is 5.69 Å². The van der Waals surface area contributed by atoms with Gasteiger partial charge in [0.25, 0.3) is 11.5 Å². The van der Waals surface area contributed by atoms with Gasteiger partial charge in [-0.25, -0.2) is 4.79 Å². The summed E-state index contributed by atoms with van der Waals surface area (Å²) < 4.78 is 17.7. The molecule has 2 aromatic rings. The van der Waals surface area contributed by atoms with Gasteiger partial charge in [-0.2, -0.15) is 0 Å². The van der Waals surface area contributed by atoms with E-state index >= 15 is 0 Å². The summed E-state index contributed by atoms with van der Waals surface area (Å²) in [6.45, 7) is 1.35. The maximum atomic E-state index is 12.9. The van der Waals surface area contributed by atoms with Crippen LogP contribution in [0, 0.1) is 5.92 Å². The second kappa shape index (κ2) is 13.4. The predicted molar refractivity (Wildman–Crippen MR) is 145 cm³/mol. The Balaban J connectivity index is 1.50. The molecular weight excluding hydrogens is 556 g/mol. The number of hydrogen-bond acceptors (Lipinski definition) is 11. The predicted octanol–water partition coefficient (Wildman–Crippen LogP) is -1.78. The SMILES string of the molecule is CCCCc1ccc(NC(=O)C2=C[C@H](O)[C@H](O)[C@@H](O[C@@H](C(N)=O)[C@H]3O[C@@H](n4ccc(=O)[nH]c4=O)[C@H](O)[C@@H]3CO)O2)cc1. The summed E-state index contributed by atoms with van der Waals surface area (Å²) in [5.41, 5.74) is 5.45. The summed E-state index contributed by atoms with van der Waals surface area (Å²) in [5, 5.41) is 44.3. The lowest BCUT2D eigenvalue weighted by molar-refractivity contribution is -0.239. The molecule has 42 heavy (non-hydrogen) atoms. The number of amides is 2. The van der Waals surface area contributed by atoms with Gasteiger partial charge in [-0.05, 0) is 36.6 Å². The Morgan fingerprint density at radius 2 is 1.86 bits per heavy atom. The number of anilines is 1. The van der Waals surface area contributed by atoms with Gasteiger partial charge in [0.05, 0.1) is 6.61 Å². The first-order valence-electron chi connectivity index (χ1n) is 13.4. The number of primary amides is 1. The van der Waals surface area contributed by atoms with Crippen molar-refractivity contribution in [1.82, 2.24) is 9.55 Å². The van der Waals surface area contributed by atoms with Crippen LogP contribution in [0.5, 0.6) is 0 Å². The molecule has 0 unspecified atom stereocenters. The van der Waals surface area contributed by atoms with Crippen LogP contribution in [0.15, 0.2) is 58.0 Å². The van der Waals surface area contributed by atoms with Gasteiger partial charge in [-0.1, -0.05) is 25.5 Å². The van der Waals surface area contributed by atoms with Crippen LogP contribution >= 0.6 is 0 Å². The van der Waals surface area contributed by atoms with Crippen LogP contribution in [-0.4, -0.2) is 85.2 Å². The van der Waals surface area contributed by atoms with Gasteiger partial charge in [0.2, 0.25) is 12.2 Å². The third kappa shape index (κ3) is 6.78. The molecule has 1 fully saturated rings. The lowest BCUT2D eigenvalue weighted by Crippen LogP contribution is -2.52. The minimum absolute atomic E-state index is 0.417. The van der Waals surface area contributed by atoms with Crippen molar-refractivity contribution in [1.29, 1.82) is 0 Å². The fourth-order valence-electron chi connectivity index (χ4n) is 4.78. The number of rotatable bonds is 11. The lowest BCUT2D eigenvalue weighted by atomic mass is 9.94. The topological polar surface area (TPSA) is 236 Å². The smallest absolute Gasteiger partial charge is 0.330 e. The van der Waals surface area contributed by atoms with Gasteiger partial charge in [0.15, 0.2) is 18.1 Å². The fourth-order valence-corrected chi connectivity index (χ4v) is 4.78. The Labute approximate surface area is 239 Å². The van der Waals surface area contributed by atoms with Crippen LogP contribution in [0.25, 0.3) is 0 Å². The molecule has 1 aromatic carbocycles. The number of aliphatic hydroxyl groups excluding tert-OH is 4. The normalized spacial score (nSPS) is 28.0. The van der Waals surface area contributed by atoms with E-state index in [1.54, 1.807) is 12.1 Å². The molecule has 2 aliphatic heterocycles. The van der Waals surface area contributed by atoms with Gasteiger partial charge < -0.3 is 45.7 Å². The van der Waals surface area contributed by atoms with Crippen molar-refractivity contribution in [3.05, 3.63) is 74.8 Å². The van der Waals surface area contributed by atoms with Crippen LogP contribution < -0.4 is 22.3 Å². The molecule has 4 rings (SSSR count). The third-order valence-electron chi connectivity index (χ3n) is 7.09. The van der Waals surface area contributed by atoms with Crippen LogP contribution in [0.1, 0.15) is 31.6 Å². The van der Waals surface area contributed by atoms with Gasteiger partial charge in [-0.3, -0.25) is 23.9 Å². The van der Waals surface area contributed by atoms with E-state index < -0.39 is 84.4 Å². The molecule has 1 saturated heterocycles. The zero-order chi connectivity index (χ0) is 30.6. The summed E-state index contributed by atoms with van der Waals surface area (Å²) >= 11 is 0. The molecule has 8 atom stereocenters. The molecule has 0 saturated carbocycles. The maximum absolute atomic E-state index is 12.9. The summed E-state index contributed by atoms with van der Waals surface area (Å²) in [6.07, 6.45) is -6.55. The molecule has 2 amide bonds. The van der Waals surface area contributed by atoms with E-state index in [0.29, 0.717) is 5.69 Å². The van der Waals surface area contributed by atoms with E-state index in [9.17, 15) is 39.6 Å². The number of aromatic amines is 1. The molecule has 1 aromatic heterocycles. The first-order chi connectivity index (χ1) is 20.0. The first kappa shape index (κ1) is 31.1. The summed E-state index contributed by atoms with van der Waals surface area (Å²) in [4.78, 5) is 51.1. The van der Waals surface area contributed by atoms with Crippen molar-refractivity contribution in [2.45, 2.75) is 69.2 Å². The second-order valence-electron chi connectivity index (χ2n) is 10.1. The van der Waals surface area contributed by atoms with Crippen molar-refractivity contribution in [2.75, 3.05) is 11.9 Å². The summed E-state index contributed by atoms with van der Waals surface area (Å²) in [7, 11) is 0.